The van der Waals surface area contributed by atoms with E-state index < -0.39 is 20.7 Å². The molecular weight excluding hydrogens is 277 g/mol. The van der Waals surface area contributed by atoms with E-state index in [9.17, 15) is 12.8 Å². The molecule has 0 spiro atoms. The molecule has 7 heteroatoms. The number of thiophene rings is 1. The van der Waals surface area contributed by atoms with Crippen LogP contribution in [0.1, 0.15) is 5.56 Å². The van der Waals surface area contributed by atoms with Gasteiger partial charge in [-0.3, -0.25) is 4.72 Å². The Labute approximate surface area is 108 Å². The van der Waals surface area contributed by atoms with E-state index in [0.29, 0.717) is 11.3 Å². The fourth-order valence-electron chi connectivity index (χ4n) is 1.38. The summed E-state index contributed by atoms with van der Waals surface area (Å²) in [7, 11) is -3.98. The number of halogens is 1. The molecule has 0 aliphatic heterocycles. The molecule has 0 amide bonds. The molecule has 96 valence electrons. The molecule has 1 heterocycles. The second kappa shape index (κ2) is 5.05. The molecule has 0 saturated carbocycles. The lowest BCUT2D eigenvalue weighted by molar-refractivity contribution is 0.281. The number of benzene rings is 1. The number of nitrogens with one attached hydrogen (secondary N) is 1. The Hall–Kier alpha value is -1.44. The van der Waals surface area contributed by atoms with E-state index in [1.807, 2.05) is 0 Å². The predicted octanol–water partition coefficient (Wildman–Crippen LogP) is 2.18. The molecule has 4 nitrogen and oxygen atoms in total. The van der Waals surface area contributed by atoms with Crippen LogP contribution in [0.3, 0.4) is 0 Å². The first-order valence-electron chi connectivity index (χ1n) is 4.97. The van der Waals surface area contributed by atoms with Gasteiger partial charge in [-0.05, 0) is 29.1 Å². The Kier molecular flexibility index (Phi) is 3.65. The molecule has 0 fully saturated rings. The van der Waals surface area contributed by atoms with Crippen LogP contribution in [0.15, 0.2) is 39.9 Å². The smallest absolute Gasteiger partial charge is 0.264 e. The summed E-state index contributed by atoms with van der Waals surface area (Å²) in [4.78, 5) is -0.472. The minimum Gasteiger partial charge on any atom is -0.392 e. The fourth-order valence-corrected chi connectivity index (χ4v) is 3.23. The molecule has 0 saturated heterocycles. The van der Waals surface area contributed by atoms with Crippen molar-refractivity contribution in [3.8, 4) is 0 Å². The fraction of sp³-hybridized carbons (Fsp3) is 0.0909. The van der Waals surface area contributed by atoms with Crippen LogP contribution < -0.4 is 4.72 Å². The van der Waals surface area contributed by atoms with Crippen LogP contribution in [0.5, 0.6) is 0 Å². The molecule has 0 radical (unpaired) electrons. The van der Waals surface area contributed by atoms with Crippen molar-refractivity contribution in [3.05, 3.63) is 46.4 Å². The third kappa shape index (κ3) is 2.69. The van der Waals surface area contributed by atoms with Crippen LogP contribution in [-0.4, -0.2) is 13.5 Å². The summed E-state index contributed by atoms with van der Waals surface area (Å²) in [6, 6.07) is 5.05. The molecule has 2 N–H and O–H groups in total. The van der Waals surface area contributed by atoms with Crippen molar-refractivity contribution in [2.24, 2.45) is 0 Å². The Balaban J connectivity index is 2.40. The third-order valence-electron chi connectivity index (χ3n) is 2.24. The van der Waals surface area contributed by atoms with E-state index in [-0.39, 0.29) is 6.61 Å². The first-order chi connectivity index (χ1) is 8.53. The van der Waals surface area contributed by atoms with Gasteiger partial charge >= 0.3 is 0 Å². The molecule has 2 aromatic rings. The molecule has 1 aromatic carbocycles. The Bertz CT molecular complexity index is 638. The van der Waals surface area contributed by atoms with Gasteiger partial charge < -0.3 is 5.11 Å². The summed E-state index contributed by atoms with van der Waals surface area (Å²) in [5, 5.41) is 12.2. The first kappa shape index (κ1) is 13.0. The largest absolute Gasteiger partial charge is 0.392 e. The molecule has 0 unspecified atom stereocenters. The second-order valence-corrected chi connectivity index (χ2v) is 5.97. The maximum atomic E-state index is 13.5. The maximum Gasteiger partial charge on any atom is 0.264 e. The zero-order chi connectivity index (χ0) is 13.2. The van der Waals surface area contributed by atoms with Crippen molar-refractivity contribution < 1.29 is 17.9 Å². The lowest BCUT2D eigenvalue weighted by Gasteiger charge is -2.08. The maximum absolute atomic E-state index is 13.5. The van der Waals surface area contributed by atoms with E-state index in [1.54, 1.807) is 16.8 Å². The quantitative estimate of drug-likeness (QED) is 0.905. The van der Waals surface area contributed by atoms with Gasteiger partial charge in [-0.2, -0.15) is 11.3 Å². The van der Waals surface area contributed by atoms with Gasteiger partial charge in [0.2, 0.25) is 0 Å². The van der Waals surface area contributed by atoms with Crippen LogP contribution in [0.2, 0.25) is 0 Å². The molecular formula is C11H10FNO3S2. The van der Waals surface area contributed by atoms with Gasteiger partial charge in [-0.25, -0.2) is 12.8 Å². The highest BCUT2D eigenvalue weighted by Crippen LogP contribution is 2.21. The van der Waals surface area contributed by atoms with Crippen LogP contribution in [0.25, 0.3) is 0 Å². The molecule has 1 aromatic heterocycles. The Morgan fingerprint density at radius 3 is 2.72 bits per heavy atom. The van der Waals surface area contributed by atoms with Crippen molar-refractivity contribution in [2.75, 3.05) is 4.72 Å². The van der Waals surface area contributed by atoms with E-state index in [0.717, 1.165) is 12.1 Å². The van der Waals surface area contributed by atoms with Crippen LogP contribution in [0, 0.1) is 5.82 Å². The van der Waals surface area contributed by atoms with Gasteiger partial charge in [0.05, 0.1) is 12.3 Å². The highest BCUT2D eigenvalue weighted by atomic mass is 32.2. The highest BCUT2D eigenvalue weighted by Gasteiger charge is 2.19. The normalized spacial score (nSPS) is 11.4. The van der Waals surface area contributed by atoms with Crippen LogP contribution >= 0.6 is 11.3 Å². The Morgan fingerprint density at radius 2 is 2.11 bits per heavy atom. The molecule has 0 aliphatic rings. The molecule has 18 heavy (non-hydrogen) atoms. The number of hydrogen-bond donors (Lipinski definition) is 2. The summed E-state index contributed by atoms with van der Waals surface area (Å²) in [5.74, 6) is -0.852. The zero-order valence-corrected chi connectivity index (χ0v) is 10.8. The standard InChI is InChI=1S/C11H10FNO3S2/c12-10-2-1-8(6-14)5-11(10)18(15,16)13-9-3-4-17-7-9/h1-5,7,13-14H,6H2. The third-order valence-corrected chi connectivity index (χ3v) is 4.32. The van der Waals surface area contributed by atoms with E-state index >= 15 is 0 Å². The van der Waals surface area contributed by atoms with Crippen LogP contribution in [0.4, 0.5) is 10.1 Å². The summed E-state index contributed by atoms with van der Waals surface area (Å²) in [5.41, 5.74) is 0.718. The molecule has 2 rings (SSSR count). The first-order valence-corrected chi connectivity index (χ1v) is 7.40. The Morgan fingerprint density at radius 1 is 1.33 bits per heavy atom. The summed E-state index contributed by atoms with van der Waals surface area (Å²) in [6.45, 7) is -0.346. The van der Waals surface area contributed by atoms with Crippen molar-refractivity contribution in [2.45, 2.75) is 11.5 Å². The zero-order valence-electron chi connectivity index (χ0n) is 9.13. The number of rotatable bonds is 4. The van der Waals surface area contributed by atoms with Gasteiger partial charge in [0, 0.05) is 5.38 Å². The topological polar surface area (TPSA) is 66.4 Å². The van der Waals surface area contributed by atoms with Crippen molar-refractivity contribution >= 4 is 27.0 Å². The number of anilines is 1. The van der Waals surface area contributed by atoms with Crippen LogP contribution in [-0.2, 0) is 16.6 Å². The van der Waals surface area contributed by atoms with Crippen molar-refractivity contribution in [1.82, 2.24) is 0 Å². The molecule has 0 atom stereocenters. The van der Waals surface area contributed by atoms with E-state index in [1.165, 1.54) is 17.4 Å². The number of aliphatic hydroxyl groups is 1. The van der Waals surface area contributed by atoms with Crippen molar-refractivity contribution in [1.29, 1.82) is 0 Å². The van der Waals surface area contributed by atoms with Gasteiger partial charge in [-0.15, -0.1) is 0 Å². The summed E-state index contributed by atoms with van der Waals surface area (Å²) < 4.78 is 39.7. The van der Waals surface area contributed by atoms with E-state index in [4.69, 9.17) is 5.11 Å². The second-order valence-electron chi connectivity index (χ2n) is 3.54. The number of sulfonamides is 1. The number of aliphatic hydroxyl groups excluding tert-OH is 1. The number of hydrogen-bond acceptors (Lipinski definition) is 4. The van der Waals surface area contributed by atoms with Gasteiger partial charge in [0.25, 0.3) is 10.0 Å². The lowest BCUT2D eigenvalue weighted by atomic mass is 10.2. The van der Waals surface area contributed by atoms with Gasteiger partial charge in [0.15, 0.2) is 0 Å². The molecule has 0 bridgehead atoms. The van der Waals surface area contributed by atoms with Crippen molar-refractivity contribution in [3.63, 3.8) is 0 Å². The monoisotopic (exact) mass is 287 g/mol. The average Bonchev–Trinajstić information content (AvgIpc) is 2.81. The average molecular weight is 287 g/mol. The summed E-state index contributed by atoms with van der Waals surface area (Å²) in [6.07, 6.45) is 0. The highest BCUT2D eigenvalue weighted by molar-refractivity contribution is 7.92. The minimum atomic E-state index is -3.98. The molecule has 0 aliphatic carbocycles. The SMILES string of the molecule is O=S(=O)(Nc1ccsc1)c1cc(CO)ccc1F. The van der Waals surface area contributed by atoms with E-state index in [2.05, 4.69) is 4.72 Å². The van der Waals surface area contributed by atoms with Gasteiger partial charge in [0.1, 0.15) is 10.7 Å². The van der Waals surface area contributed by atoms with Gasteiger partial charge in [-0.1, -0.05) is 6.07 Å². The predicted molar refractivity (Wildman–Crippen MR) is 67.5 cm³/mol. The summed E-state index contributed by atoms with van der Waals surface area (Å²) >= 11 is 1.33. The lowest BCUT2D eigenvalue weighted by Crippen LogP contribution is -2.14. The minimum absolute atomic E-state index is 0.335.